The van der Waals surface area contributed by atoms with Gasteiger partial charge in [-0.3, -0.25) is 14.5 Å². The number of ether oxygens (including phenoxy) is 1. The summed E-state index contributed by atoms with van der Waals surface area (Å²) in [7, 11) is -3.68. The number of amides is 1. The zero-order valence-electron chi connectivity index (χ0n) is 23.2. The van der Waals surface area contributed by atoms with Gasteiger partial charge >= 0.3 is 12.8 Å². The molecule has 0 atom stereocenters. The van der Waals surface area contributed by atoms with Gasteiger partial charge in [0.05, 0.1) is 21.9 Å². The number of sulfonamides is 1. The first-order chi connectivity index (χ1) is 18.8. The van der Waals surface area contributed by atoms with E-state index in [0.29, 0.717) is 18.4 Å². The molecular weight excluding hydrogens is 575 g/mol. The number of primary sulfonamides is 1. The smallest absolute Gasteiger partial charge is 0.394 e. The third-order valence-electron chi connectivity index (χ3n) is 7.48. The topological polar surface area (TPSA) is 155 Å². The highest BCUT2D eigenvalue weighted by Crippen LogP contribution is 2.41. The van der Waals surface area contributed by atoms with Crippen LogP contribution in [0.1, 0.15) is 68.2 Å². The standard InChI is InChI=1S/C25H35F5N6O4S/c1-5-36-20(17-12-33-15(10-18(17)40-22(26)27)11-23(3,4)25(28,29)30)14(2)19(35-36)21(37)34-13-24(31)8-6-16(7-9-24)41(32,38)39/h10,12,16,22H,5-9,11,13,31H2,1-4H3,(H,34,37)(H2,32,38,39). The highest BCUT2D eigenvalue weighted by molar-refractivity contribution is 7.89. The van der Waals surface area contributed by atoms with Crippen molar-refractivity contribution in [1.29, 1.82) is 0 Å². The summed E-state index contributed by atoms with van der Waals surface area (Å²) in [5, 5.41) is 11.6. The van der Waals surface area contributed by atoms with E-state index in [-0.39, 0.29) is 48.6 Å². The van der Waals surface area contributed by atoms with Crippen LogP contribution in [0.3, 0.4) is 0 Å². The summed E-state index contributed by atoms with van der Waals surface area (Å²) in [5.41, 5.74) is 3.81. The fourth-order valence-electron chi connectivity index (χ4n) is 4.85. The number of pyridine rings is 1. The molecule has 0 spiro atoms. The van der Waals surface area contributed by atoms with Gasteiger partial charge in [0, 0.05) is 48.6 Å². The number of nitrogens with two attached hydrogens (primary N) is 2. The minimum absolute atomic E-state index is 0.0195. The fraction of sp³-hybridized carbons (Fsp3) is 0.640. The number of hydrogen-bond donors (Lipinski definition) is 3. The van der Waals surface area contributed by atoms with Crippen LogP contribution in [0.15, 0.2) is 12.3 Å². The summed E-state index contributed by atoms with van der Waals surface area (Å²) in [6.07, 6.45) is -2.84. The average Bonchev–Trinajstić information content (AvgIpc) is 3.17. The number of carbonyl (C=O) groups is 1. The lowest BCUT2D eigenvalue weighted by Gasteiger charge is -2.36. The van der Waals surface area contributed by atoms with Gasteiger partial charge in [-0.15, -0.1) is 0 Å². The number of halogens is 5. The molecule has 1 saturated carbocycles. The van der Waals surface area contributed by atoms with Crippen LogP contribution in [-0.4, -0.2) is 59.2 Å². The highest BCUT2D eigenvalue weighted by Gasteiger charge is 2.47. The lowest BCUT2D eigenvalue weighted by Crippen LogP contribution is -2.54. The van der Waals surface area contributed by atoms with Crippen LogP contribution >= 0.6 is 0 Å². The number of carbonyl (C=O) groups excluding carboxylic acids is 1. The fourth-order valence-corrected chi connectivity index (χ4v) is 5.74. The first-order valence-corrected chi connectivity index (χ1v) is 14.6. The first kappa shape index (κ1) is 32.7. The molecule has 41 heavy (non-hydrogen) atoms. The van der Waals surface area contributed by atoms with Crippen molar-refractivity contribution in [2.24, 2.45) is 16.3 Å². The molecule has 0 unspecified atom stereocenters. The monoisotopic (exact) mass is 610 g/mol. The second-order valence-corrected chi connectivity index (χ2v) is 12.9. The van der Waals surface area contributed by atoms with Crippen LogP contribution in [0.4, 0.5) is 22.0 Å². The van der Waals surface area contributed by atoms with E-state index in [2.05, 4.69) is 20.1 Å². The summed E-state index contributed by atoms with van der Waals surface area (Å²) in [6.45, 7) is 2.19. The van der Waals surface area contributed by atoms with E-state index >= 15 is 0 Å². The highest BCUT2D eigenvalue weighted by atomic mass is 32.2. The second kappa shape index (κ2) is 11.8. The van der Waals surface area contributed by atoms with Crippen LogP contribution in [0, 0.1) is 12.3 Å². The van der Waals surface area contributed by atoms with E-state index in [1.165, 1.54) is 4.68 Å². The Morgan fingerprint density at radius 2 is 1.88 bits per heavy atom. The Labute approximate surface area is 235 Å². The van der Waals surface area contributed by atoms with E-state index < -0.39 is 57.1 Å². The first-order valence-electron chi connectivity index (χ1n) is 12.9. The molecule has 2 aromatic rings. The number of rotatable bonds is 10. The van der Waals surface area contributed by atoms with Gasteiger partial charge in [-0.2, -0.15) is 27.1 Å². The predicted octanol–water partition coefficient (Wildman–Crippen LogP) is 3.66. The minimum Gasteiger partial charge on any atom is -0.434 e. The molecule has 1 aliphatic carbocycles. The van der Waals surface area contributed by atoms with Gasteiger partial charge in [-0.25, -0.2) is 13.6 Å². The van der Waals surface area contributed by atoms with Gasteiger partial charge in [0.1, 0.15) is 5.75 Å². The Morgan fingerprint density at radius 3 is 2.39 bits per heavy atom. The summed E-state index contributed by atoms with van der Waals surface area (Å²) < 4.78 is 96.2. The van der Waals surface area contributed by atoms with Gasteiger partial charge in [-0.05, 0) is 39.5 Å². The summed E-state index contributed by atoms with van der Waals surface area (Å²) >= 11 is 0. The third kappa shape index (κ3) is 7.52. The van der Waals surface area contributed by atoms with Crippen molar-refractivity contribution < 1.29 is 39.9 Å². The number of aryl methyl sites for hydroxylation is 1. The van der Waals surface area contributed by atoms with E-state index in [9.17, 15) is 35.2 Å². The molecule has 3 rings (SSSR count). The predicted molar refractivity (Wildman–Crippen MR) is 141 cm³/mol. The van der Waals surface area contributed by atoms with Crippen LogP contribution in [0.5, 0.6) is 5.75 Å². The number of aromatic nitrogens is 3. The van der Waals surface area contributed by atoms with Gasteiger partial charge in [0.15, 0.2) is 5.69 Å². The largest absolute Gasteiger partial charge is 0.434 e. The molecule has 0 aliphatic heterocycles. The molecule has 0 aromatic carbocycles. The van der Waals surface area contributed by atoms with E-state index in [0.717, 1.165) is 26.1 Å². The van der Waals surface area contributed by atoms with Crippen molar-refractivity contribution in [2.75, 3.05) is 6.54 Å². The minimum atomic E-state index is -4.56. The van der Waals surface area contributed by atoms with Crippen molar-refractivity contribution in [3.8, 4) is 17.0 Å². The maximum atomic E-state index is 13.4. The molecule has 1 amide bonds. The normalized spacial score (nSPS) is 20.3. The summed E-state index contributed by atoms with van der Waals surface area (Å²) in [5.74, 6) is -0.998. The van der Waals surface area contributed by atoms with Crippen LogP contribution in [0.25, 0.3) is 11.3 Å². The van der Waals surface area contributed by atoms with Crippen LogP contribution in [-0.2, 0) is 23.0 Å². The molecule has 16 heteroatoms. The zero-order valence-corrected chi connectivity index (χ0v) is 24.0. The quantitative estimate of drug-likeness (QED) is 0.347. The van der Waals surface area contributed by atoms with Gasteiger partial charge in [0.2, 0.25) is 10.0 Å². The maximum absolute atomic E-state index is 13.4. The van der Waals surface area contributed by atoms with E-state index in [4.69, 9.17) is 10.9 Å². The van der Waals surface area contributed by atoms with Gasteiger partial charge < -0.3 is 15.8 Å². The number of nitrogens with zero attached hydrogens (tertiary/aromatic N) is 3. The van der Waals surface area contributed by atoms with Crippen molar-refractivity contribution in [3.63, 3.8) is 0 Å². The molecule has 2 heterocycles. The Morgan fingerprint density at radius 1 is 1.27 bits per heavy atom. The Kier molecular flexibility index (Phi) is 9.40. The summed E-state index contributed by atoms with van der Waals surface area (Å²) in [6, 6.07) is 1.04. The molecule has 0 saturated heterocycles. The molecule has 1 aliphatic rings. The lowest BCUT2D eigenvalue weighted by molar-refractivity contribution is -0.211. The van der Waals surface area contributed by atoms with Gasteiger partial charge in [-0.1, -0.05) is 13.8 Å². The van der Waals surface area contributed by atoms with Crippen LogP contribution in [0.2, 0.25) is 0 Å². The molecule has 5 N–H and O–H groups in total. The molecule has 1 fully saturated rings. The van der Waals surface area contributed by atoms with Gasteiger partial charge in [0.25, 0.3) is 5.91 Å². The van der Waals surface area contributed by atoms with E-state index in [1.54, 1.807) is 13.8 Å². The van der Waals surface area contributed by atoms with Crippen LogP contribution < -0.4 is 20.9 Å². The number of hydrogen-bond acceptors (Lipinski definition) is 7. The van der Waals surface area contributed by atoms with E-state index in [1.807, 2.05) is 0 Å². The third-order valence-corrected chi connectivity index (χ3v) is 8.88. The second-order valence-electron chi connectivity index (χ2n) is 11.1. The molecule has 230 valence electrons. The summed E-state index contributed by atoms with van der Waals surface area (Å²) in [4.78, 5) is 17.2. The van der Waals surface area contributed by atoms with Crippen molar-refractivity contribution in [1.82, 2.24) is 20.1 Å². The SMILES string of the molecule is CCn1nc(C(=O)NCC2(N)CCC(S(N)(=O)=O)CC2)c(C)c1-c1cnc(CC(C)(C)C(F)(F)F)cc1OC(F)F. The molecule has 2 aromatic heterocycles. The Bertz CT molecular complexity index is 1370. The Hall–Kier alpha value is -2.85. The molecule has 10 nitrogen and oxygen atoms in total. The average molecular weight is 611 g/mol. The molecular formula is C25H35F5N6O4S. The Balaban J connectivity index is 1.89. The van der Waals surface area contributed by atoms with Crippen molar-refractivity contribution in [3.05, 3.63) is 29.2 Å². The number of alkyl halides is 5. The van der Waals surface area contributed by atoms with Crippen molar-refractivity contribution >= 4 is 15.9 Å². The number of nitrogens with one attached hydrogen (secondary N) is 1. The molecule has 0 bridgehead atoms. The zero-order chi connectivity index (χ0) is 31.0. The maximum Gasteiger partial charge on any atom is 0.394 e. The molecule has 0 radical (unpaired) electrons. The lowest BCUT2D eigenvalue weighted by atomic mass is 9.82. The van der Waals surface area contributed by atoms with Crippen molar-refractivity contribution in [2.45, 2.75) is 89.9 Å².